The number of nitrogens with zero attached hydrogens (tertiary/aromatic N) is 3. The van der Waals surface area contributed by atoms with Crippen LogP contribution in [0.1, 0.15) is 16.9 Å². The second kappa shape index (κ2) is 5.66. The van der Waals surface area contributed by atoms with Crippen LogP contribution in [0.2, 0.25) is 0 Å². The quantitative estimate of drug-likeness (QED) is 0.841. The second-order valence-electron chi connectivity index (χ2n) is 6.55. The van der Waals surface area contributed by atoms with E-state index in [1.165, 1.54) is 24.3 Å². The van der Waals surface area contributed by atoms with Gasteiger partial charge in [0.05, 0.1) is 12.1 Å². The minimum atomic E-state index is 0.112. The highest BCUT2D eigenvalue weighted by atomic mass is 32.1. The van der Waals surface area contributed by atoms with Crippen LogP contribution in [0, 0.1) is 17.8 Å². The van der Waals surface area contributed by atoms with Gasteiger partial charge >= 0.3 is 0 Å². The molecule has 3 fully saturated rings. The van der Waals surface area contributed by atoms with E-state index in [2.05, 4.69) is 9.88 Å². The van der Waals surface area contributed by atoms with Crippen molar-refractivity contribution in [3.05, 3.63) is 16.6 Å². The van der Waals surface area contributed by atoms with Gasteiger partial charge in [0, 0.05) is 44.7 Å². The molecule has 3 atom stereocenters. The summed E-state index contributed by atoms with van der Waals surface area (Å²) in [7, 11) is 0. The predicted molar refractivity (Wildman–Crippen MR) is 80.4 cm³/mol. The van der Waals surface area contributed by atoms with Gasteiger partial charge in [0.2, 0.25) is 0 Å². The zero-order valence-electron chi connectivity index (χ0n) is 12.1. The molecule has 4 heterocycles. The molecule has 0 bridgehead atoms. The Morgan fingerprint density at radius 3 is 2.76 bits per heavy atom. The van der Waals surface area contributed by atoms with Crippen molar-refractivity contribution in [2.24, 2.45) is 17.8 Å². The molecule has 1 aromatic rings. The van der Waals surface area contributed by atoms with E-state index in [1.807, 2.05) is 10.3 Å². The number of fused-ring (bicyclic) bond motifs is 1. The molecule has 3 aliphatic heterocycles. The lowest BCUT2D eigenvalue weighted by molar-refractivity contribution is 0.0767. The SMILES string of the molecule is O=C(c1cscn1)N1C[C@H]2CN(C[C@@H]3CCOC3)C[C@H]2C1. The largest absolute Gasteiger partial charge is 0.381 e. The molecule has 0 spiro atoms. The van der Waals surface area contributed by atoms with E-state index in [0.717, 1.165) is 45.3 Å². The average molecular weight is 307 g/mol. The normalized spacial score (nSPS) is 32.8. The molecule has 6 heteroatoms. The molecule has 0 aliphatic carbocycles. The van der Waals surface area contributed by atoms with E-state index in [-0.39, 0.29) is 5.91 Å². The molecule has 0 aromatic carbocycles. The topological polar surface area (TPSA) is 45.7 Å². The number of likely N-dealkylation sites (tertiary alicyclic amines) is 2. The van der Waals surface area contributed by atoms with E-state index in [9.17, 15) is 4.79 Å². The summed E-state index contributed by atoms with van der Waals surface area (Å²) in [5.41, 5.74) is 2.34. The van der Waals surface area contributed by atoms with E-state index in [4.69, 9.17) is 4.74 Å². The maximum Gasteiger partial charge on any atom is 0.273 e. The highest BCUT2D eigenvalue weighted by Crippen LogP contribution is 2.32. The number of hydrogen-bond donors (Lipinski definition) is 0. The number of carbonyl (C=O) groups is 1. The first-order valence-electron chi connectivity index (χ1n) is 7.77. The molecule has 5 nitrogen and oxygen atoms in total. The van der Waals surface area contributed by atoms with Crippen LogP contribution in [0.5, 0.6) is 0 Å². The van der Waals surface area contributed by atoms with Gasteiger partial charge in [-0.05, 0) is 24.2 Å². The summed E-state index contributed by atoms with van der Waals surface area (Å²) in [6.07, 6.45) is 1.21. The molecular weight excluding hydrogens is 286 g/mol. The molecule has 3 saturated heterocycles. The zero-order valence-corrected chi connectivity index (χ0v) is 12.9. The smallest absolute Gasteiger partial charge is 0.273 e. The Labute approximate surface area is 128 Å². The van der Waals surface area contributed by atoms with E-state index in [0.29, 0.717) is 17.5 Å². The fourth-order valence-electron chi connectivity index (χ4n) is 3.98. The predicted octanol–water partition coefficient (Wildman–Crippen LogP) is 1.18. The molecule has 0 N–H and O–H groups in total. The van der Waals surface area contributed by atoms with Crippen molar-refractivity contribution in [2.45, 2.75) is 6.42 Å². The fourth-order valence-corrected chi connectivity index (χ4v) is 4.50. The van der Waals surface area contributed by atoms with Gasteiger partial charge in [-0.2, -0.15) is 0 Å². The van der Waals surface area contributed by atoms with Crippen LogP contribution >= 0.6 is 11.3 Å². The number of aromatic nitrogens is 1. The van der Waals surface area contributed by atoms with Crippen LogP contribution in [0.3, 0.4) is 0 Å². The number of thiazole rings is 1. The molecule has 1 amide bonds. The van der Waals surface area contributed by atoms with Gasteiger partial charge in [0.25, 0.3) is 5.91 Å². The minimum absolute atomic E-state index is 0.112. The molecule has 1 aromatic heterocycles. The number of carbonyl (C=O) groups excluding carboxylic acids is 1. The summed E-state index contributed by atoms with van der Waals surface area (Å²) in [4.78, 5) is 21.1. The standard InChI is InChI=1S/C15H21N3O2S/c19-15(14-9-21-10-16-14)18-6-12-4-17(5-13(12)7-18)3-11-1-2-20-8-11/h9-13H,1-8H2/t11-,12-,13+/m0/s1. The van der Waals surface area contributed by atoms with E-state index >= 15 is 0 Å². The van der Waals surface area contributed by atoms with Crippen LogP contribution in [-0.4, -0.2) is 66.6 Å². The molecule has 114 valence electrons. The van der Waals surface area contributed by atoms with Gasteiger partial charge in [-0.3, -0.25) is 4.79 Å². The minimum Gasteiger partial charge on any atom is -0.381 e. The molecule has 0 unspecified atom stereocenters. The highest BCUT2D eigenvalue weighted by molar-refractivity contribution is 7.07. The molecule has 21 heavy (non-hydrogen) atoms. The van der Waals surface area contributed by atoms with Crippen LogP contribution in [0.25, 0.3) is 0 Å². The van der Waals surface area contributed by atoms with Gasteiger partial charge in [-0.25, -0.2) is 4.98 Å². The molecular formula is C15H21N3O2S. The molecule has 4 rings (SSSR count). The summed E-state index contributed by atoms with van der Waals surface area (Å²) in [5, 5.41) is 1.85. The maximum atomic E-state index is 12.3. The van der Waals surface area contributed by atoms with Crippen molar-refractivity contribution in [1.82, 2.24) is 14.8 Å². The first-order chi connectivity index (χ1) is 10.3. The summed E-state index contributed by atoms with van der Waals surface area (Å²) < 4.78 is 5.47. The molecule has 0 saturated carbocycles. The van der Waals surface area contributed by atoms with Crippen molar-refractivity contribution in [3.8, 4) is 0 Å². The lowest BCUT2D eigenvalue weighted by atomic mass is 10.0. The lowest BCUT2D eigenvalue weighted by Crippen LogP contribution is -2.35. The van der Waals surface area contributed by atoms with Gasteiger partial charge in [-0.15, -0.1) is 11.3 Å². The van der Waals surface area contributed by atoms with Gasteiger partial charge in [-0.1, -0.05) is 0 Å². The maximum absolute atomic E-state index is 12.3. The third-order valence-electron chi connectivity index (χ3n) is 5.04. The van der Waals surface area contributed by atoms with Crippen molar-refractivity contribution < 1.29 is 9.53 Å². The molecule has 0 radical (unpaired) electrons. The van der Waals surface area contributed by atoms with Crippen molar-refractivity contribution in [1.29, 1.82) is 0 Å². The van der Waals surface area contributed by atoms with Crippen LogP contribution in [-0.2, 0) is 4.74 Å². The van der Waals surface area contributed by atoms with Crippen molar-refractivity contribution in [2.75, 3.05) is 45.9 Å². The summed E-state index contributed by atoms with van der Waals surface area (Å²) in [6.45, 7) is 7.12. The Bertz CT molecular complexity index is 487. The zero-order chi connectivity index (χ0) is 14.2. The van der Waals surface area contributed by atoms with Gasteiger partial charge in [0.1, 0.15) is 5.69 Å². The first-order valence-corrected chi connectivity index (χ1v) is 8.71. The number of rotatable bonds is 3. The third-order valence-corrected chi connectivity index (χ3v) is 5.63. The highest BCUT2D eigenvalue weighted by Gasteiger charge is 2.42. The summed E-state index contributed by atoms with van der Waals surface area (Å²) in [6, 6.07) is 0. The molecule has 3 aliphatic rings. The Balaban J connectivity index is 1.32. The van der Waals surface area contributed by atoms with Crippen molar-refractivity contribution >= 4 is 17.2 Å². The lowest BCUT2D eigenvalue weighted by Gasteiger charge is -2.23. The number of ether oxygens (including phenoxy) is 1. The monoisotopic (exact) mass is 307 g/mol. The van der Waals surface area contributed by atoms with Gasteiger partial charge < -0.3 is 14.5 Å². The van der Waals surface area contributed by atoms with Gasteiger partial charge in [0.15, 0.2) is 0 Å². The number of amides is 1. The Hall–Kier alpha value is -0.980. The number of hydrogen-bond acceptors (Lipinski definition) is 5. The van der Waals surface area contributed by atoms with E-state index < -0.39 is 0 Å². The Morgan fingerprint density at radius 1 is 1.33 bits per heavy atom. The fraction of sp³-hybridized carbons (Fsp3) is 0.733. The second-order valence-corrected chi connectivity index (χ2v) is 7.27. The Kier molecular flexibility index (Phi) is 3.69. The average Bonchev–Trinajstić information content (AvgIpc) is 3.23. The first kappa shape index (κ1) is 13.7. The van der Waals surface area contributed by atoms with Crippen LogP contribution in [0.15, 0.2) is 10.9 Å². The van der Waals surface area contributed by atoms with E-state index in [1.54, 1.807) is 5.51 Å². The van der Waals surface area contributed by atoms with Crippen molar-refractivity contribution in [3.63, 3.8) is 0 Å². The van der Waals surface area contributed by atoms with Crippen LogP contribution in [0.4, 0.5) is 0 Å². The third kappa shape index (κ3) is 2.72. The Morgan fingerprint density at radius 2 is 2.14 bits per heavy atom. The van der Waals surface area contributed by atoms with Crippen LogP contribution < -0.4 is 0 Å². The summed E-state index contributed by atoms with van der Waals surface area (Å²) >= 11 is 1.49. The summed E-state index contributed by atoms with van der Waals surface area (Å²) in [5.74, 6) is 2.13.